The van der Waals surface area contributed by atoms with Gasteiger partial charge in [-0.2, -0.15) is 0 Å². The van der Waals surface area contributed by atoms with Crippen LogP contribution >= 0.6 is 22.9 Å². The largest absolute Gasteiger partial charge is 0.456 e. The lowest BCUT2D eigenvalue weighted by Crippen LogP contribution is -2.53. The number of aliphatic hydroxyl groups is 2. The van der Waals surface area contributed by atoms with Gasteiger partial charge in [0.05, 0.1) is 57.6 Å². The molecule has 4 rings (SSSR count). The van der Waals surface area contributed by atoms with Crippen molar-refractivity contribution in [1.82, 2.24) is 4.98 Å². The van der Waals surface area contributed by atoms with Crippen LogP contribution in [-0.4, -0.2) is 69.7 Å². The molecule has 0 amide bonds. The number of carbonyl (C=O) groups excluding carboxylic acids is 2. The summed E-state index contributed by atoms with van der Waals surface area (Å²) in [5.41, 5.74) is -0.863. The fourth-order valence-electron chi connectivity index (χ4n) is 5.32. The number of halogens is 1. The first kappa shape index (κ1) is 27.7. The molecule has 1 aromatic heterocycles. The number of carbonyl (C=O) groups is 2. The zero-order valence-electron chi connectivity index (χ0n) is 21.2. The number of ketones is 1. The number of hydrogen-bond acceptors (Lipinski definition) is 9. The summed E-state index contributed by atoms with van der Waals surface area (Å²) in [5, 5.41) is 24.9. The Balaban J connectivity index is 1.58. The van der Waals surface area contributed by atoms with Crippen LogP contribution in [0, 0.1) is 18.3 Å². The van der Waals surface area contributed by atoms with Gasteiger partial charge in [0.15, 0.2) is 0 Å². The Morgan fingerprint density at radius 3 is 2.58 bits per heavy atom. The first-order valence-electron chi connectivity index (χ1n) is 12.6. The lowest BCUT2D eigenvalue weighted by atomic mass is 9.59. The van der Waals surface area contributed by atoms with Crippen LogP contribution in [-0.2, 0) is 23.8 Å². The number of aryl methyl sites for hydroxylation is 1. The molecule has 3 fully saturated rings. The molecule has 2 N–H and O–H groups in total. The molecule has 200 valence electrons. The second-order valence-corrected chi connectivity index (χ2v) is 12.2. The van der Waals surface area contributed by atoms with E-state index in [0.717, 1.165) is 11.4 Å². The van der Waals surface area contributed by atoms with E-state index in [2.05, 4.69) is 4.98 Å². The molecule has 0 radical (unpaired) electrons. The maximum absolute atomic E-state index is 13.4. The predicted octanol–water partition coefficient (Wildman–Crippen LogP) is 3.79. The van der Waals surface area contributed by atoms with Gasteiger partial charge in [-0.3, -0.25) is 9.59 Å². The van der Waals surface area contributed by atoms with Crippen LogP contribution in [0.2, 0.25) is 0 Å². The van der Waals surface area contributed by atoms with Crippen molar-refractivity contribution in [3.8, 4) is 0 Å². The van der Waals surface area contributed by atoms with Crippen LogP contribution in [0.4, 0.5) is 0 Å². The standard InChI is InChI=1S/C26H36ClNO7S/c1-14-23(31)15(2)33-9-8-25(4)21(35-25)11-19(18(27)10-17-13-36-16(3)28-17)34-22(30)12-20(29)26(24(14)32)6-5-7-26/h10,13-15,19-21,23,29,31H,5-9,11-12H2,1-4H3/t14-,15-,19+,20+,21+,23+,25-/m1/s1. The van der Waals surface area contributed by atoms with Gasteiger partial charge in [0.25, 0.3) is 0 Å². The third-order valence-corrected chi connectivity index (χ3v) is 9.23. The summed E-state index contributed by atoms with van der Waals surface area (Å²) >= 11 is 8.12. The second-order valence-electron chi connectivity index (χ2n) is 10.7. The number of aromatic nitrogens is 1. The van der Waals surface area contributed by atoms with Gasteiger partial charge in [0, 0.05) is 30.7 Å². The molecule has 3 aliphatic rings. The Hall–Kier alpha value is -1.36. The van der Waals surface area contributed by atoms with Crippen molar-refractivity contribution >= 4 is 40.8 Å². The third-order valence-electron chi connectivity index (χ3n) is 8.09. The fourth-order valence-corrected chi connectivity index (χ4v) is 6.14. The minimum Gasteiger partial charge on any atom is -0.456 e. The first-order chi connectivity index (χ1) is 16.9. The van der Waals surface area contributed by atoms with Crippen LogP contribution in [0.15, 0.2) is 10.4 Å². The van der Waals surface area contributed by atoms with E-state index in [-0.39, 0.29) is 18.3 Å². The molecule has 3 heterocycles. The van der Waals surface area contributed by atoms with Crippen molar-refractivity contribution < 1.29 is 34.0 Å². The summed E-state index contributed by atoms with van der Waals surface area (Å²) in [6.45, 7) is 7.59. The molecule has 1 saturated carbocycles. The van der Waals surface area contributed by atoms with Crippen molar-refractivity contribution in [2.45, 2.75) is 102 Å². The van der Waals surface area contributed by atoms with Crippen LogP contribution < -0.4 is 0 Å². The lowest BCUT2D eigenvalue weighted by Gasteiger charge is -2.46. The third kappa shape index (κ3) is 5.71. The Labute approximate surface area is 221 Å². The van der Waals surface area contributed by atoms with Crippen LogP contribution in [0.25, 0.3) is 6.08 Å². The maximum Gasteiger partial charge on any atom is 0.309 e. The predicted molar refractivity (Wildman–Crippen MR) is 136 cm³/mol. The van der Waals surface area contributed by atoms with E-state index >= 15 is 0 Å². The van der Waals surface area contributed by atoms with E-state index in [1.54, 1.807) is 19.9 Å². The summed E-state index contributed by atoms with van der Waals surface area (Å²) < 4.78 is 17.6. The average Bonchev–Trinajstić information content (AvgIpc) is 3.22. The van der Waals surface area contributed by atoms with Gasteiger partial charge >= 0.3 is 5.97 Å². The molecule has 1 aromatic rings. The number of fused-ring (bicyclic) bond motifs is 1. The highest BCUT2D eigenvalue weighted by molar-refractivity contribution is 7.09. The SMILES string of the molecule is Cc1nc(C=C(Cl)[C@@H]2C[C@@H]3O[C@]3(C)CCO[C@H](C)[C@@H](O)[C@@H](C)C(=O)C3(CCC3)[C@@H](O)CC(=O)O2)cs1. The van der Waals surface area contributed by atoms with Crippen molar-refractivity contribution in [1.29, 1.82) is 0 Å². The molecule has 1 aliphatic carbocycles. The molecular formula is C26H36ClNO7S. The van der Waals surface area contributed by atoms with E-state index < -0.39 is 47.3 Å². The molecule has 0 bridgehead atoms. The van der Waals surface area contributed by atoms with Gasteiger partial charge in [0.1, 0.15) is 11.9 Å². The van der Waals surface area contributed by atoms with E-state index in [0.29, 0.717) is 43.0 Å². The van der Waals surface area contributed by atoms with E-state index in [4.69, 9.17) is 25.8 Å². The quantitative estimate of drug-likeness (QED) is 0.429. The molecule has 10 heteroatoms. The smallest absolute Gasteiger partial charge is 0.309 e. The minimum atomic E-state index is -1.21. The monoisotopic (exact) mass is 541 g/mol. The number of Topliss-reactive ketones (excluding diaryl/α,β-unsaturated/α-hetero) is 1. The van der Waals surface area contributed by atoms with Crippen LogP contribution in [0.1, 0.15) is 70.0 Å². The molecule has 2 aliphatic heterocycles. The highest BCUT2D eigenvalue weighted by atomic mass is 35.5. The summed E-state index contributed by atoms with van der Waals surface area (Å²) in [4.78, 5) is 30.8. The van der Waals surface area contributed by atoms with E-state index in [9.17, 15) is 19.8 Å². The molecule has 36 heavy (non-hydrogen) atoms. The summed E-state index contributed by atoms with van der Waals surface area (Å²) in [6.07, 6.45) is 0.202. The van der Waals surface area contributed by atoms with Crippen LogP contribution in [0.5, 0.6) is 0 Å². The minimum absolute atomic E-state index is 0.199. The van der Waals surface area contributed by atoms with E-state index in [1.165, 1.54) is 11.3 Å². The number of rotatable bonds is 2. The number of epoxide rings is 1. The maximum atomic E-state index is 13.4. The molecule has 1 spiro atoms. The molecular weight excluding hydrogens is 506 g/mol. The van der Waals surface area contributed by atoms with Crippen molar-refractivity contribution in [2.24, 2.45) is 11.3 Å². The van der Waals surface area contributed by atoms with Gasteiger partial charge in [0.2, 0.25) is 0 Å². The Kier molecular flexibility index (Phi) is 8.29. The van der Waals surface area contributed by atoms with Gasteiger partial charge in [-0.25, -0.2) is 4.98 Å². The fraction of sp³-hybridized carbons (Fsp3) is 0.731. The van der Waals surface area contributed by atoms with Gasteiger partial charge in [-0.15, -0.1) is 11.3 Å². The molecule has 0 unspecified atom stereocenters. The van der Waals surface area contributed by atoms with Gasteiger partial charge in [-0.05, 0) is 39.7 Å². The molecule has 2 saturated heterocycles. The molecule has 8 nitrogen and oxygen atoms in total. The van der Waals surface area contributed by atoms with Crippen molar-refractivity contribution in [3.05, 3.63) is 21.1 Å². The number of nitrogens with zero attached hydrogens (tertiary/aromatic N) is 1. The van der Waals surface area contributed by atoms with Crippen LogP contribution in [0.3, 0.4) is 0 Å². The number of cyclic esters (lactones) is 1. The number of ether oxygens (including phenoxy) is 3. The Morgan fingerprint density at radius 1 is 1.25 bits per heavy atom. The van der Waals surface area contributed by atoms with Crippen molar-refractivity contribution in [2.75, 3.05) is 6.61 Å². The number of esters is 1. The zero-order valence-corrected chi connectivity index (χ0v) is 22.8. The summed E-state index contributed by atoms with van der Waals surface area (Å²) in [6, 6.07) is 0. The Morgan fingerprint density at radius 2 is 1.97 bits per heavy atom. The number of hydrogen-bond donors (Lipinski definition) is 2. The van der Waals surface area contributed by atoms with Gasteiger partial charge in [-0.1, -0.05) is 24.9 Å². The number of thiazole rings is 1. The normalized spacial score (nSPS) is 38.2. The van der Waals surface area contributed by atoms with E-state index in [1.807, 2.05) is 19.2 Å². The molecule has 7 atom stereocenters. The average molecular weight is 542 g/mol. The second kappa shape index (κ2) is 10.8. The first-order valence-corrected chi connectivity index (χ1v) is 13.9. The summed E-state index contributed by atoms with van der Waals surface area (Å²) in [7, 11) is 0. The summed E-state index contributed by atoms with van der Waals surface area (Å²) in [5.74, 6) is -1.62. The topological polar surface area (TPSA) is 118 Å². The number of aliphatic hydroxyl groups excluding tert-OH is 2. The highest BCUT2D eigenvalue weighted by Gasteiger charge is 2.55. The zero-order chi connectivity index (χ0) is 26.3. The van der Waals surface area contributed by atoms with Gasteiger partial charge < -0.3 is 24.4 Å². The molecule has 0 aromatic carbocycles. The van der Waals surface area contributed by atoms with Crippen molar-refractivity contribution in [3.63, 3.8) is 0 Å². The Bertz CT molecular complexity index is 1010. The highest BCUT2D eigenvalue weighted by Crippen LogP contribution is 2.48. The lowest BCUT2D eigenvalue weighted by molar-refractivity contribution is -0.163.